The number of aromatic nitrogens is 2. The summed E-state index contributed by atoms with van der Waals surface area (Å²) in [5.41, 5.74) is -2.29. The van der Waals surface area contributed by atoms with Gasteiger partial charge in [0.25, 0.3) is 11.5 Å². The Morgan fingerprint density at radius 3 is 2.61 bits per heavy atom. The van der Waals surface area contributed by atoms with Crippen LogP contribution in [0.3, 0.4) is 0 Å². The first-order valence-electron chi connectivity index (χ1n) is 7.75. The Balaban J connectivity index is 1.90. The molecule has 7 nitrogen and oxygen atoms in total. The highest BCUT2D eigenvalue weighted by atomic mass is 32.1. The fourth-order valence-electron chi connectivity index (χ4n) is 2.35. The molecule has 0 aliphatic rings. The fourth-order valence-corrected chi connectivity index (χ4v) is 3.04. The second kappa shape index (κ2) is 7.72. The van der Waals surface area contributed by atoms with Crippen molar-refractivity contribution in [3.05, 3.63) is 79.3 Å². The second-order valence-electron chi connectivity index (χ2n) is 5.48. The Bertz CT molecular complexity index is 1100. The molecule has 0 bridgehead atoms. The number of H-pyrrole nitrogens is 1. The van der Waals surface area contributed by atoms with Gasteiger partial charge in [0.2, 0.25) is 0 Å². The number of anilines is 1. The fraction of sp³-hybridized carbons (Fsp3) is 0.118. The highest BCUT2D eigenvalue weighted by Gasteiger charge is 2.32. The van der Waals surface area contributed by atoms with Gasteiger partial charge in [0.05, 0.1) is 12.2 Å². The summed E-state index contributed by atoms with van der Waals surface area (Å²) in [6, 6.07) is 8.35. The van der Waals surface area contributed by atoms with Crippen molar-refractivity contribution in [2.45, 2.75) is 12.9 Å². The van der Waals surface area contributed by atoms with Gasteiger partial charge in [-0.2, -0.15) is 0 Å². The molecular weight excluding hydrogens is 399 g/mol. The molecular formula is C17H12F3N3O4S. The van der Waals surface area contributed by atoms with Crippen LogP contribution in [0, 0.1) is 0 Å². The topological polar surface area (TPSA) is 93.2 Å². The lowest BCUT2D eigenvalue weighted by molar-refractivity contribution is -0.274. The quantitative estimate of drug-likeness (QED) is 0.675. The highest BCUT2D eigenvalue weighted by Crippen LogP contribution is 2.30. The van der Waals surface area contributed by atoms with Crippen LogP contribution in [0.2, 0.25) is 0 Å². The number of hydrogen-bond donors (Lipinski definition) is 2. The monoisotopic (exact) mass is 411 g/mol. The lowest BCUT2D eigenvalue weighted by atomic mass is 10.2. The number of carbonyl (C=O) groups is 1. The maximum absolute atomic E-state index is 12.5. The molecule has 0 aliphatic heterocycles. The third-order valence-corrected chi connectivity index (χ3v) is 4.42. The van der Waals surface area contributed by atoms with E-state index in [1.54, 1.807) is 17.5 Å². The number of halogens is 3. The molecule has 0 fully saturated rings. The van der Waals surface area contributed by atoms with Crippen LogP contribution in [0.1, 0.15) is 15.2 Å². The molecule has 0 saturated heterocycles. The number of nitrogens with zero attached hydrogens (tertiary/aromatic N) is 1. The largest absolute Gasteiger partial charge is 0.573 e. The van der Waals surface area contributed by atoms with Crippen LogP contribution < -0.4 is 21.3 Å². The van der Waals surface area contributed by atoms with E-state index >= 15 is 0 Å². The van der Waals surface area contributed by atoms with Crippen molar-refractivity contribution in [3.8, 4) is 5.75 Å². The first-order valence-corrected chi connectivity index (χ1v) is 8.63. The molecule has 0 radical (unpaired) electrons. The van der Waals surface area contributed by atoms with Gasteiger partial charge in [-0.25, -0.2) is 4.79 Å². The van der Waals surface area contributed by atoms with Gasteiger partial charge in [-0.05, 0) is 23.6 Å². The number of benzene rings is 1. The zero-order valence-corrected chi connectivity index (χ0v) is 14.8. The van der Waals surface area contributed by atoms with Crippen LogP contribution in [-0.2, 0) is 6.54 Å². The summed E-state index contributed by atoms with van der Waals surface area (Å²) >= 11 is 1.32. The van der Waals surface area contributed by atoms with Crippen molar-refractivity contribution >= 4 is 22.9 Å². The van der Waals surface area contributed by atoms with Crippen molar-refractivity contribution in [1.29, 1.82) is 0 Å². The molecule has 28 heavy (non-hydrogen) atoms. The standard InChI is InChI=1S/C17H12F3N3O4S/c18-17(19,20)27-13-6-2-1-5-12(13)22-14(24)11-8-21-16(26)23(15(11)25)9-10-4-3-7-28-10/h1-8H,9H2,(H,21,26)(H,22,24). The summed E-state index contributed by atoms with van der Waals surface area (Å²) in [5, 5.41) is 3.97. The first kappa shape index (κ1) is 19.4. The lowest BCUT2D eigenvalue weighted by Gasteiger charge is -2.14. The van der Waals surface area contributed by atoms with E-state index in [0.717, 1.165) is 16.8 Å². The van der Waals surface area contributed by atoms with E-state index in [2.05, 4.69) is 15.0 Å². The zero-order chi connectivity index (χ0) is 20.3. The molecule has 146 valence electrons. The molecule has 0 aliphatic carbocycles. The average molecular weight is 411 g/mol. The average Bonchev–Trinajstić information content (AvgIpc) is 3.12. The number of amides is 1. The summed E-state index contributed by atoms with van der Waals surface area (Å²) in [4.78, 5) is 39.9. The summed E-state index contributed by atoms with van der Waals surface area (Å²) in [6.45, 7) is -0.0409. The summed E-state index contributed by atoms with van der Waals surface area (Å²) in [7, 11) is 0. The number of para-hydroxylation sites is 2. The van der Waals surface area contributed by atoms with Crippen molar-refractivity contribution in [1.82, 2.24) is 9.55 Å². The lowest BCUT2D eigenvalue weighted by Crippen LogP contribution is -2.39. The molecule has 0 atom stereocenters. The van der Waals surface area contributed by atoms with E-state index in [0.29, 0.717) is 4.88 Å². The molecule has 0 unspecified atom stereocenters. The molecule has 0 saturated carbocycles. The Hall–Kier alpha value is -3.34. The van der Waals surface area contributed by atoms with Crippen LogP contribution >= 0.6 is 11.3 Å². The Kier molecular flexibility index (Phi) is 5.36. The van der Waals surface area contributed by atoms with E-state index in [9.17, 15) is 27.6 Å². The molecule has 1 aromatic carbocycles. The summed E-state index contributed by atoms with van der Waals surface area (Å²) < 4.78 is 42.2. The van der Waals surface area contributed by atoms with Crippen LogP contribution in [0.15, 0.2) is 57.6 Å². The minimum absolute atomic E-state index is 0.0409. The van der Waals surface area contributed by atoms with E-state index in [4.69, 9.17) is 0 Å². The number of carbonyl (C=O) groups excluding carboxylic acids is 1. The van der Waals surface area contributed by atoms with Gasteiger partial charge in [0, 0.05) is 11.1 Å². The zero-order valence-electron chi connectivity index (χ0n) is 13.9. The van der Waals surface area contributed by atoms with Gasteiger partial charge in [-0.3, -0.25) is 14.2 Å². The van der Waals surface area contributed by atoms with Gasteiger partial charge < -0.3 is 15.0 Å². The Morgan fingerprint density at radius 1 is 1.18 bits per heavy atom. The number of aromatic amines is 1. The number of hydrogen-bond acceptors (Lipinski definition) is 5. The van der Waals surface area contributed by atoms with Crippen LogP contribution in [0.5, 0.6) is 5.75 Å². The second-order valence-corrected chi connectivity index (χ2v) is 6.51. The van der Waals surface area contributed by atoms with Crippen molar-refractivity contribution in [2.24, 2.45) is 0 Å². The SMILES string of the molecule is O=C(Nc1ccccc1OC(F)(F)F)c1c[nH]c(=O)n(Cc2cccs2)c1=O. The summed E-state index contributed by atoms with van der Waals surface area (Å²) in [5.74, 6) is -1.62. The predicted molar refractivity (Wildman–Crippen MR) is 95.8 cm³/mol. The van der Waals surface area contributed by atoms with Gasteiger partial charge in [0.1, 0.15) is 5.56 Å². The molecule has 3 rings (SSSR count). The minimum Gasteiger partial charge on any atom is -0.404 e. The number of ether oxygens (including phenoxy) is 1. The maximum atomic E-state index is 12.5. The van der Waals surface area contributed by atoms with Crippen molar-refractivity contribution in [3.63, 3.8) is 0 Å². The minimum atomic E-state index is -4.95. The number of thiophene rings is 1. The summed E-state index contributed by atoms with van der Waals surface area (Å²) in [6.07, 6.45) is -4.04. The van der Waals surface area contributed by atoms with Gasteiger partial charge in [0.15, 0.2) is 5.75 Å². The smallest absolute Gasteiger partial charge is 0.404 e. The van der Waals surface area contributed by atoms with Crippen LogP contribution in [0.4, 0.5) is 18.9 Å². The number of alkyl halides is 3. The molecule has 3 aromatic rings. The van der Waals surface area contributed by atoms with Crippen molar-refractivity contribution < 1.29 is 22.7 Å². The third kappa shape index (κ3) is 4.49. The predicted octanol–water partition coefficient (Wildman–Crippen LogP) is 2.80. The van der Waals surface area contributed by atoms with E-state index in [1.165, 1.54) is 29.5 Å². The Labute approximate surface area is 159 Å². The highest BCUT2D eigenvalue weighted by molar-refractivity contribution is 7.09. The molecule has 0 spiro atoms. The Morgan fingerprint density at radius 2 is 1.93 bits per heavy atom. The number of rotatable bonds is 5. The molecule has 2 heterocycles. The van der Waals surface area contributed by atoms with E-state index in [1.807, 2.05) is 0 Å². The van der Waals surface area contributed by atoms with Gasteiger partial charge >= 0.3 is 12.1 Å². The molecule has 11 heteroatoms. The maximum Gasteiger partial charge on any atom is 0.573 e. The van der Waals surface area contributed by atoms with E-state index in [-0.39, 0.29) is 12.2 Å². The molecule has 1 amide bonds. The van der Waals surface area contributed by atoms with E-state index < -0.39 is 34.8 Å². The van der Waals surface area contributed by atoms with Gasteiger partial charge in [-0.15, -0.1) is 24.5 Å². The molecule has 2 N–H and O–H groups in total. The van der Waals surface area contributed by atoms with Crippen molar-refractivity contribution in [2.75, 3.05) is 5.32 Å². The third-order valence-electron chi connectivity index (χ3n) is 3.56. The molecule has 2 aromatic heterocycles. The first-order chi connectivity index (χ1) is 13.2. The van der Waals surface area contributed by atoms with Gasteiger partial charge in [-0.1, -0.05) is 18.2 Å². The van der Waals surface area contributed by atoms with Crippen LogP contribution in [-0.4, -0.2) is 21.8 Å². The number of nitrogens with one attached hydrogen (secondary N) is 2. The normalized spacial score (nSPS) is 11.2. The van der Waals surface area contributed by atoms with Crippen LogP contribution in [0.25, 0.3) is 0 Å².